The van der Waals surface area contributed by atoms with Crippen LogP contribution in [0, 0.1) is 0 Å². The van der Waals surface area contributed by atoms with Gasteiger partial charge in [0.2, 0.25) is 0 Å². The fraction of sp³-hybridized carbons (Fsp3) is 0.812. The minimum atomic E-state index is -0.0909. The van der Waals surface area contributed by atoms with Crippen molar-refractivity contribution >= 4 is 0 Å². The smallest absolute Gasteiger partial charge is 0.176 e. The average molecular weight is 519 g/mol. The molecule has 214 valence electrons. The largest absolute Gasteiger partial charge is 0.469 e. The molecular formula is C32H58N2O3. The Bertz CT molecular complexity index is 616. The third-order valence-corrected chi connectivity index (χ3v) is 7.62. The number of likely N-dealkylation sites (N-methyl/N-ethyl adjacent to an activating group) is 2. The molecule has 0 aliphatic carbocycles. The lowest BCUT2D eigenvalue weighted by Gasteiger charge is -2.31. The summed E-state index contributed by atoms with van der Waals surface area (Å²) in [5.41, 5.74) is 0. The number of hydrogen-bond acceptors (Lipinski definition) is 5. The van der Waals surface area contributed by atoms with Gasteiger partial charge in [-0.25, -0.2) is 0 Å². The second kappa shape index (κ2) is 20.6. The highest BCUT2D eigenvalue weighted by molar-refractivity contribution is 5.39. The summed E-state index contributed by atoms with van der Waals surface area (Å²) in [6, 6.07) is 8.16. The van der Waals surface area contributed by atoms with Crippen molar-refractivity contribution in [1.29, 1.82) is 0 Å². The average Bonchev–Trinajstić information content (AvgIpc) is 3.01. The summed E-state index contributed by atoms with van der Waals surface area (Å²) >= 11 is 0. The highest BCUT2D eigenvalue weighted by atomic mass is 16.6. The van der Waals surface area contributed by atoms with Crippen LogP contribution in [0.25, 0.3) is 0 Å². The van der Waals surface area contributed by atoms with Gasteiger partial charge in [-0.2, -0.15) is 0 Å². The van der Waals surface area contributed by atoms with Crippen LogP contribution >= 0.6 is 0 Å². The molecule has 5 nitrogen and oxygen atoms in total. The minimum absolute atomic E-state index is 0.0909. The number of para-hydroxylation sites is 2. The Labute approximate surface area is 229 Å². The van der Waals surface area contributed by atoms with Crippen molar-refractivity contribution in [2.75, 3.05) is 39.4 Å². The van der Waals surface area contributed by atoms with Crippen LogP contribution in [-0.2, 0) is 4.74 Å². The summed E-state index contributed by atoms with van der Waals surface area (Å²) in [4.78, 5) is 4.86. The molecular weight excluding hydrogens is 460 g/mol. The minimum Gasteiger partial charge on any atom is -0.469 e. The van der Waals surface area contributed by atoms with Crippen LogP contribution in [-0.4, -0.2) is 61.6 Å². The van der Waals surface area contributed by atoms with Gasteiger partial charge < -0.3 is 14.2 Å². The summed E-state index contributed by atoms with van der Waals surface area (Å²) in [6.07, 6.45) is 18.3. The van der Waals surface area contributed by atoms with Crippen LogP contribution < -0.4 is 9.47 Å². The van der Waals surface area contributed by atoms with Crippen molar-refractivity contribution in [3.63, 3.8) is 0 Å². The van der Waals surface area contributed by atoms with E-state index in [0.717, 1.165) is 37.7 Å². The fourth-order valence-corrected chi connectivity index (χ4v) is 5.19. The van der Waals surface area contributed by atoms with Gasteiger partial charge in [0.1, 0.15) is 0 Å². The van der Waals surface area contributed by atoms with Crippen molar-refractivity contribution in [2.45, 2.75) is 130 Å². The van der Waals surface area contributed by atoms with E-state index in [0.29, 0.717) is 13.2 Å². The van der Waals surface area contributed by atoms with Crippen LogP contribution in [0.15, 0.2) is 24.3 Å². The maximum atomic E-state index is 6.54. The summed E-state index contributed by atoms with van der Waals surface area (Å²) in [5.74, 6) is 1.65. The lowest BCUT2D eigenvalue weighted by molar-refractivity contribution is -0.0723. The standard InChI is InChI=1S/C32H58N2O3/c1-5-9-11-13-15-17-21-25-33(7-3)31-27-35-28-32(37-30-24-20-19-23-29(30)36-31)34(8-4)26-22-18-16-14-12-10-6-2/h19-20,23-24,31-32H,5-18,21-22,25-28H2,1-4H3. The predicted octanol–water partition coefficient (Wildman–Crippen LogP) is 8.27. The van der Waals surface area contributed by atoms with Crippen molar-refractivity contribution in [1.82, 2.24) is 9.80 Å². The van der Waals surface area contributed by atoms with Crippen molar-refractivity contribution < 1.29 is 14.2 Å². The van der Waals surface area contributed by atoms with E-state index in [1.54, 1.807) is 0 Å². The third kappa shape index (κ3) is 12.9. The van der Waals surface area contributed by atoms with E-state index in [4.69, 9.17) is 14.2 Å². The molecule has 0 amide bonds. The zero-order valence-electron chi connectivity index (χ0n) is 24.7. The van der Waals surface area contributed by atoms with Gasteiger partial charge in [-0.3, -0.25) is 9.80 Å². The molecule has 1 heterocycles. The van der Waals surface area contributed by atoms with E-state index in [1.165, 1.54) is 89.9 Å². The molecule has 0 aromatic heterocycles. The number of nitrogens with zero attached hydrogens (tertiary/aromatic N) is 2. The number of unbranched alkanes of at least 4 members (excludes halogenated alkanes) is 12. The normalized spacial score (nSPS) is 18.1. The first-order valence-corrected chi connectivity index (χ1v) is 15.7. The molecule has 1 aromatic rings. The summed E-state index contributed by atoms with van der Waals surface area (Å²) in [6.45, 7) is 14.1. The van der Waals surface area contributed by atoms with Crippen LogP contribution in [0.5, 0.6) is 11.5 Å². The first-order valence-electron chi connectivity index (χ1n) is 15.7. The zero-order valence-corrected chi connectivity index (χ0v) is 24.7. The summed E-state index contributed by atoms with van der Waals surface area (Å²) in [5, 5.41) is 0. The Balaban J connectivity index is 1.92. The maximum Gasteiger partial charge on any atom is 0.176 e. The Hall–Kier alpha value is -1.30. The maximum absolute atomic E-state index is 6.54. The van der Waals surface area contributed by atoms with Crippen molar-refractivity contribution in [2.24, 2.45) is 0 Å². The van der Waals surface area contributed by atoms with E-state index in [-0.39, 0.29) is 12.5 Å². The third-order valence-electron chi connectivity index (χ3n) is 7.62. The molecule has 5 heteroatoms. The van der Waals surface area contributed by atoms with E-state index in [2.05, 4.69) is 37.5 Å². The van der Waals surface area contributed by atoms with Crippen molar-refractivity contribution in [3.8, 4) is 11.5 Å². The van der Waals surface area contributed by atoms with E-state index in [9.17, 15) is 0 Å². The lowest BCUT2D eigenvalue weighted by Crippen LogP contribution is -2.45. The van der Waals surface area contributed by atoms with Gasteiger partial charge in [0.25, 0.3) is 0 Å². The van der Waals surface area contributed by atoms with Crippen LogP contribution in [0.1, 0.15) is 118 Å². The summed E-state index contributed by atoms with van der Waals surface area (Å²) in [7, 11) is 0. The van der Waals surface area contributed by atoms with Crippen molar-refractivity contribution in [3.05, 3.63) is 24.3 Å². The molecule has 0 fully saturated rings. The SMILES string of the molecule is CCCCCCCCCN(CC)C1COCC(N(CC)CCCCCCCCC)Oc2ccccc2O1. The molecule has 2 rings (SSSR count). The first-order chi connectivity index (χ1) is 18.2. The molecule has 2 unspecified atom stereocenters. The topological polar surface area (TPSA) is 34.2 Å². The number of fused-ring (bicyclic) bond motifs is 1. The zero-order chi connectivity index (χ0) is 26.6. The van der Waals surface area contributed by atoms with Crippen LogP contribution in [0.4, 0.5) is 0 Å². The predicted molar refractivity (Wildman–Crippen MR) is 157 cm³/mol. The molecule has 0 N–H and O–H groups in total. The Morgan fingerprint density at radius 2 is 0.946 bits per heavy atom. The van der Waals surface area contributed by atoms with Gasteiger partial charge in [-0.15, -0.1) is 0 Å². The lowest BCUT2D eigenvalue weighted by atomic mass is 10.1. The molecule has 1 aliphatic heterocycles. The Kier molecular flexibility index (Phi) is 17.8. The van der Waals surface area contributed by atoms with E-state index >= 15 is 0 Å². The fourth-order valence-electron chi connectivity index (χ4n) is 5.19. The van der Waals surface area contributed by atoms with Gasteiger partial charge >= 0.3 is 0 Å². The summed E-state index contributed by atoms with van der Waals surface area (Å²) < 4.78 is 19.4. The number of ether oxygens (including phenoxy) is 3. The van der Waals surface area contributed by atoms with Gasteiger partial charge in [-0.05, 0) is 38.1 Å². The van der Waals surface area contributed by atoms with Crippen LogP contribution in [0.3, 0.4) is 0 Å². The molecule has 0 spiro atoms. The molecule has 0 saturated carbocycles. The van der Waals surface area contributed by atoms with E-state index in [1.807, 2.05) is 24.3 Å². The van der Waals surface area contributed by atoms with Gasteiger partial charge in [-0.1, -0.05) is 117 Å². The second-order valence-corrected chi connectivity index (χ2v) is 10.6. The molecule has 1 aliphatic rings. The quantitative estimate of drug-likeness (QED) is 0.162. The highest BCUT2D eigenvalue weighted by Crippen LogP contribution is 2.31. The van der Waals surface area contributed by atoms with Gasteiger partial charge in [0.05, 0.1) is 13.2 Å². The Morgan fingerprint density at radius 1 is 0.568 bits per heavy atom. The van der Waals surface area contributed by atoms with Crippen LogP contribution in [0.2, 0.25) is 0 Å². The van der Waals surface area contributed by atoms with Gasteiger partial charge in [0, 0.05) is 13.1 Å². The van der Waals surface area contributed by atoms with Gasteiger partial charge in [0.15, 0.2) is 24.0 Å². The van der Waals surface area contributed by atoms with E-state index < -0.39 is 0 Å². The molecule has 0 bridgehead atoms. The molecule has 37 heavy (non-hydrogen) atoms. The number of rotatable bonds is 20. The first kappa shape index (κ1) is 31.9. The second-order valence-electron chi connectivity index (χ2n) is 10.6. The molecule has 0 saturated heterocycles. The monoisotopic (exact) mass is 518 g/mol. The Morgan fingerprint density at radius 3 is 1.32 bits per heavy atom. The number of benzene rings is 1. The molecule has 1 aromatic carbocycles. The molecule has 0 radical (unpaired) electrons. The molecule has 2 atom stereocenters. The highest BCUT2D eigenvalue weighted by Gasteiger charge is 2.27. The number of hydrogen-bond donors (Lipinski definition) is 0.